The molecule has 3 aromatic carbocycles. The van der Waals surface area contributed by atoms with Crippen LogP contribution in [0.5, 0.6) is 0 Å². The van der Waals surface area contributed by atoms with Crippen molar-refractivity contribution in [3.63, 3.8) is 0 Å². The summed E-state index contributed by atoms with van der Waals surface area (Å²) in [6.45, 7) is 5.45. The number of carbonyl (C=O) groups excluding carboxylic acids is 2. The SMILES string of the molecule is CCN(CC(=O)Nc1ccc(N2CCOCC2)cc1)C(=O)c1ccccc1N(C)c1ccccc1. The first kappa shape index (κ1) is 24.3. The van der Waals surface area contributed by atoms with E-state index in [9.17, 15) is 9.59 Å². The standard InChI is InChI=1S/C28H32N4O3/c1-3-31(21-27(33)29-22-13-15-24(16-14-22)32-17-19-35-20-18-32)28(34)25-11-7-8-12-26(25)30(2)23-9-5-4-6-10-23/h4-16H,3,17-21H2,1-2H3,(H,29,33). The van der Waals surface area contributed by atoms with Crippen LogP contribution in [0, 0.1) is 0 Å². The van der Waals surface area contributed by atoms with E-state index in [1.165, 1.54) is 0 Å². The third-order valence-electron chi connectivity index (χ3n) is 6.17. The Morgan fingerprint density at radius 1 is 0.914 bits per heavy atom. The first-order valence-electron chi connectivity index (χ1n) is 12.0. The molecular formula is C28H32N4O3. The molecule has 0 bridgehead atoms. The number of hydrogen-bond acceptors (Lipinski definition) is 5. The van der Waals surface area contributed by atoms with Gasteiger partial charge in [-0.2, -0.15) is 0 Å². The third-order valence-corrected chi connectivity index (χ3v) is 6.17. The van der Waals surface area contributed by atoms with Crippen LogP contribution in [0.15, 0.2) is 78.9 Å². The van der Waals surface area contributed by atoms with E-state index in [1.807, 2.05) is 97.7 Å². The molecule has 4 rings (SSSR count). The van der Waals surface area contributed by atoms with Gasteiger partial charge in [0.1, 0.15) is 6.54 Å². The monoisotopic (exact) mass is 472 g/mol. The Hall–Kier alpha value is -3.84. The second-order valence-electron chi connectivity index (χ2n) is 8.43. The largest absolute Gasteiger partial charge is 0.378 e. The Morgan fingerprint density at radius 2 is 1.57 bits per heavy atom. The first-order chi connectivity index (χ1) is 17.1. The van der Waals surface area contributed by atoms with E-state index in [4.69, 9.17) is 4.74 Å². The number of anilines is 4. The van der Waals surface area contributed by atoms with Gasteiger partial charge >= 0.3 is 0 Å². The summed E-state index contributed by atoms with van der Waals surface area (Å²) in [7, 11) is 1.94. The van der Waals surface area contributed by atoms with Crippen molar-refractivity contribution in [3.8, 4) is 0 Å². The second-order valence-corrected chi connectivity index (χ2v) is 8.43. The Bertz CT molecular complexity index is 1130. The minimum atomic E-state index is -0.229. The normalized spacial score (nSPS) is 13.3. The molecule has 7 heteroatoms. The van der Waals surface area contributed by atoms with Crippen LogP contribution >= 0.6 is 0 Å². The van der Waals surface area contributed by atoms with Gasteiger partial charge in [-0.25, -0.2) is 0 Å². The summed E-state index contributed by atoms with van der Waals surface area (Å²) in [4.78, 5) is 32.1. The number of para-hydroxylation sites is 2. The fourth-order valence-corrected chi connectivity index (χ4v) is 4.19. The zero-order valence-corrected chi connectivity index (χ0v) is 20.3. The van der Waals surface area contributed by atoms with Gasteiger partial charge in [-0.1, -0.05) is 30.3 Å². The van der Waals surface area contributed by atoms with Crippen LogP contribution in [0.4, 0.5) is 22.7 Å². The van der Waals surface area contributed by atoms with Crippen molar-refractivity contribution in [1.82, 2.24) is 4.90 Å². The highest BCUT2D eigenvalue weighted by atomic mass is 16.5. The molecule has 3 aromatic rings. The van der Waals surface area contributed by atoms with Gasteiger partial charge in [-0.05, 0) is 55.5 Å². The highest BCUT2D eigenvalue weighted by molar-refractivity contribution is 6.03. The molecule has 182 valence electrons. The van der Waals surface area contributed by atoms with Crippen molar-refractivity contribution in [2.45, 2.75) is 6.92 Å². The van der Waals surface area contributed by atoms with Crippen LogP contribution in [0.1, 0.15) is 17.3 Å². The lowest BCUT2D eigenvalue weighted by Gasteiger charge is -2.29. The summed E-state index contributed by atoms with van der Waals surface area (Å²) in [6, 6.07) is 25.2. The number of benzene rings is 3. The summed E-state index contributed by atoms with van der Waals surface area (Å²) < 4.78 is 5.41. The van der Waals surface area contributed by atoms with Crippen molar-refractivity contribution in [3.05, 3.63) is 84.4 Å². The summed E-state index contributed by atoms with van der Waals surface area (Å²) in [5.41, 5.74) is 4.15. The maximum Gasteiger partial charge on any atom is 0.256 e. The fourth-order valence-electron chi connectivity index (χ4n) is 4.19. The summed E-state index contributed by atoms with van der Waals surface area (Å²) >= 11 is 0. The molecule has 1 aliphatic rings. The average molecular weight is 473 g/mol. The lowest BCUT2D eigenvalue weighted by Crippen LogP contribution is -2.38. The van der Waals surface area contributed by atoms with Crippen LogP contribution in [-0.2, 0) is 9.53 Å². The Labute approximate surface area is 206 Å². The number of ether oxygens (including phenoxy) is 1. The molecular weight excluding hydrogens is 440 g/mol. The molecule has 1 heterocycles. The van der Waals surface area contributed by atoms with Gasteiger partial charge in [0.25, 0.3) is 5.91 Å². The third kappa shape index (κ3) is 6.00. The highest BCUT2D eigenvalue weighted by Crippen LogP contribution is 2.28. The predicted molar refractivity (Wildman–Crippen MR) is 141 cm³/mol. The van der Waals surface area contributed by atoms with E-state index in [0.717, 1.165) is 43.4 Å². The average Bonchev–Trinajstić information content (AvgIpc) is 2.92. The minimum absolute atomic E-state index is 0.0239. The quantitative estimate of drug-likeness (QED) is 0.527. The van der Waals surface area contributed by atoms with E-state index >= 15 is 0 Å². The Balaban J connectivity index is 1.42. The van der Waals surface area contributed by atoms with Gasteiger partial charge in [-0.3, -0.25) is 9.59 Å². The maximum absolute atomic E-state index is 13.4. The molecule has 2 amide bonds. The molecule has 1 saturated heterocycles. The topological polar surface area (TPSA) is 65.1 Å². The van der Waals surface area contributed by atoms with Gasteiger partial charge in [0, 0.05) is 43.7 Å². The number of nitrogens with zero attached hydrogens (tertiary/aromatic N) is 3. The molecule has 0 aliphatic carbocycles. The van der Waals surface area contributed by atoms with Gasteiger partial charge in [-0.15, -0.1) is 0 Å². The zero-order chi connectivity index (χ0) is 24.6. The first-order valence-corrected chi connectivity index (χ1v) is 12.0. The van der Waals surface area contributed by atoms with Crippen molar-refractivity contribution in [2.75, 3.05) is 61.6 Å². The maximum atomic E-state index is 13.4. The summed E-state index contributed by atoms with van der Waals surface area (Å²) in [5, 5.41) is 2.92. The van der Waals surface area contributed by atoms with Crippen LogP contribution in [0.25, 0.3) is 0 Å². The number of likely N-dealkylation sites (N-methyl/N-ethyl adjacent to an activating group) is 1. The summed E-state index contributed by atoms with van der Waals surface area (Å²) in [6.07, 6.45) is 0. The number of carbonyl (C=O) groups is 2. The number of amides is 2. The minimum Gasteiger partial charge on any atom is -0.378 e. The fraction of sp³-hybridized carbons (Fsp3) is 0.286. The van der Waals surface area contributed by atoms with E-state index < -0.39 is 0 Å². The van der Waals surface area contributed by atoms with Crippen LogP contribution < -0.4 is 15.1 Å². The van der Waals surface area contributed by atoms with Crippen molar-refractivity contribution < 1.29 is 14.3 Å². The van der Waals surface area contributed by atoms with Crippen molar-refractivity contribution in [1.29, 1.82) is 0 Å². The van der Waals surface area contributed by atoms with Gasteiger partial charge in [0.15, 0.2) is 0 Å². The van der Waals surface area contributed by atoms with E-state index in [-0.39, 0.29) is 18.4 Å². The molecule has 0 spiro atoms. The molecule has 1 N–H and O–H groups in total. The molecule has 0 atom stereocenters. The highest BCUT2D eigenvalue weighted by Gasteiger charge is 2.22. The van der Waals surface area contributed by atoms with E-state index in [2.05, 4.69) is 10.2 Å². The van der Waals surface area contributed by atoms with Crippen LogP contribution in [0.3, 0.4) is 0 Å². The van der Waals surface area contributed by atoms with Crippen molar-refractivity contribution in [2.24, 2.45) is 0 Å². The molecule has 0 radical (unpaired) electrons. The predicted octanol–water partition coefficient (Wildman–Crippen LogP) is 4.39. The lowest BCUT2D eigenvalue weighted by atomic mass is 10.1. The number of nitrogens with one attached hydrogen (secondary N) is 1. The number of hydrogen-bond donors (Lipinski definition) is 1. The summed E-state index contributed by atoms with van der Waals surface area (Å²) in [5.74, 6) is -0.406. The van der Waals surface area contributed by atoms with Crippen molar-refractivity contribution >= 4 is 34.6 Å². The second kappa shape index (κ2) is 11.5. The molecule has 0 aromatic heterocycles. The van der Waals surface area contributed by atoms with E-state index in [0.29, 0.717) is 17.8 Å². The molecule has 1 fully saturated rings. The molecule has 35 heavy (non-hydrogen) atoms. The Kier molecular flexibility index (Phi) is 8.00. The molecule has 0 unspecified atom stereocenters. The van der Waals surface area contributed by atoms with Gasteiger partial charge in [0.2, 0.25) is 5.91 Å². The molecule has 7 nitrogen and oxygen atoms in total. The van der Waals surface area contributed by atoms with E-state index in [1.54, 1.807) is 4.90 Å². The van der Waals surface area contributed by atoms with Gasteiger partial charge < -0.3 is 24.8 Å². The number of rotatable bonds is 8. The Morgan fingerprint density at radius 3 is 2.26 bits per heavy atom. The van der Waals surface area contributed by atoms with Gasteiger partial charge in [0.05, 0.1) is 24.5 Å². The number of morpholine rings is 1. The van der Waals surface area contributed by atoms with Crippen LogP contribution in [0.2, 0.25) is 0 Å². The molecule has 0 saturated carbocycles. The smallest absolute Gasteiger partial charge is 0.256 e. The van der Waals surface area contributed by atoms with Crippen LogP contribution in [-0.4, -0.2) is 63.2 Å². The molecule has 1 aliphatic heterocycles. The zero-order valence-electron chi connectivity index (χ0n) is 20.3. The lowest BCUT2D eigenvalue weighted by molar-refractivity contribution is -0.116.